The van der Waals surface area contributed by atoms with Crippen molar-refractivity contribution in [3.05, 3.63) is 17.7 Å². The van der Waals surface area contributed by atoms with Gasteiger partial charge in [0.25, 0.3) is 5.91 Å². The summed E-state index contributed by atoms with van der Waals surface area (Å²) in [7, 11) is 0. The summed E-state index contributed by atoms with van der Waals surface area (Å²) in [6.45, 7) is 1.45. The first-order valence-electron chi connectivity index (χ1n) is 7.22. The van der Waals surface area contributed by atoms with Crippen LogP contribution >= 0.6 is 0 Å². The number of hydrogen-bond acceptors (Lipinski definition) is 6. The molecule has 1 aromatic rings. The van der Waals surface area contributed by atoms with Gasteiger partial charge in [-0.25, -0.2) is 0 Å². The van der Waals surface area contributed by atoms with Crippen molar-refractivity contribution in [2.45, 2.75) is 25.4 Å². The topological polar surface area (TPSA) is 96.9 Å². The van der Waals surface area contributed by atoms with Gasteiger partial charge in [0.15, 0.2) is 11.5 Å². The first-order valence-corrected chi connectivity index (χ1v) is 7.22. The highest BCUT2D eigenvalue weighted by molar-refractivity contribution is 6.02. The van der Waals surface area contributed by atoms with Crippen molar-refractivity contribution in [3.63, 3.8) is 0 Å². The number of amides is 1. The quantitative estimate of drug-likeness (QED) is 0.864. The van der Waals surface area contributed by atoms with Crippen molar-refractivity contribution in [1.29, 1.82) is 0 Å². The summed E-state index contributed by atoms with van der Waals surface area (Å²) in [5.41, 5.74) is -0.0136. The summed E-state index contributed by atoms with van der Waals surface area (Å²) in [4.78, 5) is 23.4. The molecular formula is C15H16NO6-. The molecule has 1 saturated heterocycles. The molecule has 2 heterocycles. The minimum atomic E-state index is -1.39. The zero-order valence-corrected chi connectivity index (χ0v) is 11.9. The molecule has 7 heteroatoms. The van der Waals surface area contributed by atoms with Crippen LogP contribution in [0.2, 0.25) is 0 Å². The van der Waals surface area contributed by atoms with Crippen LogP contribution in [-0.4, -0.2) is 37.8 Å². The fraction of sp³-hybridized carbons (Fsp3) is 0.467. The maximum atomic E-state index is 12.1. The number of carboxylic acid groups (broad SMARTS) is 1. The monoisotopic (exact) mass is 306 g/mol. The van der Waals surface area contributed by atoms with Gasteiger partial charge in [-0.05, 0) is 18.9 Å². The molecule has 1 fully saturated rings. The van der Waals surface area contributed by atoms with Gasteiger partial charge in [0.1, 0.15) is 6.10 Å². The molecule has 3 rings (SSSR count). The van der Waals surface area contributed by atoms with Crippen LogP contribution in [0.4, 0.5) is 5.69 Å². The largest absolute Gasteiger partial charge is 0.545 e. The van der Waals surface area contributed by atoms with Gasteiger partial charge in [-0.3, -0.25) is 4.79 Å². The number of fused-ring (bicyclic) bond motifs is 1. The second-order valence-electron chi connectivity index (χ2n) is 5.17. The highest BCUT2D eigenvalue weighted by atomic mass is 16.5. The Morgan fingerprint density at radius 2 is 1.82 bits per heavy atom. The fourth-order valence-corrected chi connectivity index (χ4v) is 2.48. The number of aromatic carboxylic acids is 1. The number of benzene rings is 1. The summed E-state index contributed by atoms with van der Waals surface area (Å²) in [5.74, 6) is -1.01. The molecule has 0 aromatic heterocycles. The summed E-state index contributed by atoms with van der Waals surface area (Å²) in [5, 5.41) is 13.9. The van der Waals surface area contributed by atoms with E-state index in [1.165, 1.54) is 12.1 Å². The van der Waals surface area contributed by atoms with Crippen molar-refractivity contribution in [2.75, 3.05) is 25.1 Å². The maximum Gasteiger partial charge on any atom is 0.253 e. The van der Waals surface area contributed by atoms with E-state index in [-0.39, 0.29) is 17.2 Å². The zero-order valence-electron chi connectivity index (χ0n) is 11.9. The third-order valence-electron chi connectivity index (χ3n) is 3.59. The van der Waals surface area contributed by atoms with Crippen LogP contribution in [0.5, 0.6) is 11.5 Å². The van der Waals surface area contributed by atoms with E-state index in [9.17, 15) is 14.7 Å². The fourth-order valence-electron chi connectivity index (χ4n) is 2.48. The second kappa shape index (κ2) is 6.23. The Kier molecular flexibility index (Phi) is 4.15. The number of carboxylic acids is 1. The van der Waals surface area contributed by atoms with E-state index in [0.717, 1.165) is 6.42 Å². The van der Waals surface area contributed by atoms with Gasteiger partial charge in [0.2, 0.25) is 0 Å². The third-order valence-corrected chi connectivity index (χ3v) is 3.59. The van der Waals surface area contributed by atoms with Gasteiger partial charge in [-0.15, -0.1) is 0 Å². The lowest BCUT2D eigenvalue weighted by Gasteiger charge is -2.17. The Morgan fingerprint density at radius 3 is 2.45 bits per heavy atom. The van der Waals surface area contributed by atoms with Crippen molar-refractivity contribution in [3.8, 4) is 11.5 Å². The average Bonchev–Trinajstić information content (AvgIpc) is 2.93. The Hall–Kier alpha value is -2.28. The Bertz CT molecular complexity index is 594. The van der Waals surface area contributed by atoms with Crippen LogP contribution in [0, 0.1) is 0 Å². The van der Waals surface area contributed by atoms with Gasteiger partial charge in [-0.1, -0.05) is 0 Å². The summed E-state index contributed by atoms with van der Waals surface area (Å²) in [6, 6.07) is 2.78. The first kappa shape index (κ1) is 14.6. The third kappa shape index (κ3) is 2.99. The van der Waals surface area contributed by atoms with E-state index < -0.39 is 12.1 Å². The number of nitrogens with one attached hydrogen (secondary N) is 1. The van der Waals surface area contributed by atoms with Gasteiger partial charge in [-0.2, -0.15) is 0 Å². The Labute approximate surface area is 127 Å². The molecule has 2 aliphatic rings. The van der Waals surface area contributed by atoms with Gasteiger partial charge >= 0.3 is 0 Å². The van der Waals surface area contributed by atoms with E-state index in [1.54, 1.807) is 0 Å². The molecule has 1 atom stereocenters. The summed E-state index contributed by atoms with van der Waals surface area (Å²) < 4.78 is 16.2. The molecule has 1 amide bonds. The zero-order chi connectivity index (χ0) is 15.5. The molecule has 22 heavy (non-hydrogen) atoms. The molecule has 0 bridgehead atoms. The van der Waals surface area contributed by atoms with Crippen LogP contribution in [0.25, 0.3) is 0 Å². The molecule has 0 aliphatic carbocycles. The number of rotatable bonds is 3. The number of ether oxygens (including phenoxy) is 3. The van der Waals surface area contributed by atoms with Crippen LogP contribution in [0.1, 0.15) is 29.6 Å². The molecule has 7 nitrogen and oxygen atoms in total. The van der Waals surface area contributed by atoms with Gasteiger partial charge in [0.05, 0.1) is 24.9 Å². The van der Waals surface area contributed by atoms with Crippen LogP contribution in [0.3, 0.4) is 0 Å². The van der Waals surface area contributed by atoms with E-state index in [2.05, 4.69) is 5.32 Å². The number of carbonyl (C=O) groups is 2. The van der Waals surface area contributed by atoms with Crippen molar-refractivity contribution < 1.29 is 28.9 Å². The molecule has 1 N–H and O–H groups in total. The standard InChI is InChI=1S/C15H17NO6/c17-14(11-3-1-4-20-11)16-10-8-13-12(7-9(10)15(18)19)21-5-2-6-22-13/h7-8,11H,1-6H2,(H,16,17)(H,18,19)/p-1/t11-/m1/s1. The molecular weight excluding hydrogens is 290 g/mol. The summed E-state index contributed by atoms with van der Waals surface area (Å²) in [6.07, 6.45) is 1.59. The van der Waals surface area contributed by atoms with Gasteiger partial charge in [0, 0.05) is 24.7 Å². The van der Waals surface area contributed by atoms with Crippen LogP contribution < -0.4 is 19.9 Å². The number of carbonyl (C=O) groups excluding carboxylic acids is 2. The molecule has 0 spiro atoms. The lowest BCUT2D eigenvalue weighted by Crippen LogP contribution is -2.29. The molecule has 2 aliphatic heterocycles. The highest BCUT2D eigenvalue weighted by Gasteiger charge is 2.25. The van der Waals surface area contributed by atoms with Crippen LogP contribution in [-0.2, 0) is 9.53 Å². The van der Waals surface area contributed by atoms with Crippen molar-refractivity contribution in [2.24, 2.45) is 0 Å². The first-order chi connectivity index (χ1) is 10.6. The molecule has 0 unspecified atom stereocenters. The van der Waals surface area contributed by atoms with Crippen LogP contribution in [0.15, 0.2) is 12.1 Å². The Morgan fingerprint density at radius 1 is 1.09 bits per heavy atom. The van der Waals surface area contributed by atoms with E-state index in [0.29, 0.717) is 44.2 Å². The average molecular weight is 306 g/mol. The lowest BCUT2D eigenvalue weighted by atomic mass is 10.1. The molecule has 118 valence electrons. The number of anilines is 1. The Balaban J connectivity index is 1.89. The number of hydrogen-bond donors (Lipinski definition) is 1. The second-order valence-corrected chi connectivity index (χ2v) is 5.17. The predicted molar refractivity (Wildman–Crippen MR) is 74.0 cm³/mol. The minimum absolute atomic E-state index is 0.129. The highest BCUT2D eigenvalue weighted by Crippen LogP contribution is 2.35. The van der Waals surface area contributed by atoms with Crippen molar-refractivity contribution in [1.82, 2.24) is 0 Å². The SMILES string of the molecule is O=C([O-])c1cc2c(cc1NC(=O)[C@H]1CCCO1)OCCCO2. The molecule has 0 radical (unpaired) electrons. The lowest BCUT2D eigenvalue weighted by molar-refractivity contribution is -0.254. The van der Waals surface area contributed by atoms with Crippen molar-refractivity contribution >= 4 is 17.6 Å². The predicted octanol–water partition coefficient (Wildman–Crippen LogP) is 0.329. The normalized spacial score (nSPS) is 20.3. The van der Waals surface area contributed by atoms with Gasteiger partial charge < -0.3 is 29.4 Å². The summed E-state index contributed by atoms with van der Waals surface area (Å²) >= 11 is 0. The smallest absolute Gasteiger partial charge is 0.253 e. The van der Waals surface area contributed by atoms with E-state index in [1.807, 2.05) is 0 Å². The molecule has 1 aromatic carbocycles. The minimum Gasteiger partial charge on any atom is -0.545 e. The maximum absolute atomic E-state index is 12.1. The van der Waals surface area contributed by atoms with E-state index in [4.69, 9.17) is 14.2 Å². The van der Waals surface area contributed by atoms with E-state index >= 15 is 0 Å². The molecule has 0 saturated carbocycles.